The van der Waals surface area contributed by atoms with Crippen LogP contribution in [0, 0.1) is 0 Å². The molecule has 2 rings (SSSR count). The molecule has 2 heterocycles. The number of piperazine rings is 1. The number of nitrogens with two attached hydrogens (primary N) is 1. The molecule has 0 amide bonds. The van der Waals surface area contributed by atoms with Crippen LogP contribution in [0.4, 0.5) is 5.82 Å². The van der Waals surface area contributed by atoms with Gasteiger partial charge in [0.15, 0.2) is 0 Å². The molecule has 0 saturated carbocycles. The molecule has 1 aliphatic rings. The van der Waals surface area contributed by atoms with Crippen molar-refractivity contribution in [3.05, 3.63) is 18.1 Å². The van der Waals surface area contributed by atoms with Gasteiger partial charge >= 0.3 is 0 Å². The molecule has 0 radical (unpaired) electrons. The maximum atomic E-state index is 5.63. The summed E-state index contributed by atoms with van der Waals surface area (Å²) in [6.45, 7) is 8.61. The molecule has 0 bridgehead atoms. The number of hydrogen-bond acceptors (Lipinski definition) is 5. The van der Waals surface area contributed by atoms with Crippen LogP contribution >= 0.6 is 0 Å². The molecule has 1 fully saturated rings. The van der Waals surface area contributed by atoms with Crippen LogP contribution in [0.3, 0.4) is 0 Å². The summed E-state index contributed by atoms with van der Waals surface area (Å²) in [6.07, 6.45) is 1.72. The third-order valence-electron chi connectivity index (χ3n) is 3.00. The highest BCUT2D eigenvalue weighted by molar-refractivity contribution is 5.24. The van der Waals surface area contributed by atoms with Gasteiger partial charge in [0.1, 0.15) is 11.6 Å². The van der Waals surface area contributed by atoms with E-state index in [1.807, 2.05) is 0 Å². The summed E-state index contributed by atoms with van der Waals surface area (Å²) in [5.74, 6) is 1.38. The number of nitrogen functional groups attached to an aromatic ring is 1. The van der Waals surface area contributed by atoms with Crippen molar-refractivity contribution in [1.29, 1.82) is 0 Å². The molecule has 0 atom stereocenters. The average Bonchev–Trinajstić information content (AvgIpc) is 2.30. The van der Waals surface area contributed by atoms with Crippen molar-refractivity contribution in [2.45, 2.75) is 13.5 Å². The normalized spacial score (nSPS) is 18.8. The molecule has 0 aliphatic carbocycles. The lowest BCUT2D eigenvalue weighted by Crippen LogP contribution is -2.45. The first kappa shape index (κ1) is 11.3. The minimum absolute atomic E-state index is 0.553. The second-order valence-corrected chi connectivity index (χ2v) is 4.11. The van der Waals surface area contributed by atoms with Gasteiger partial charge in [-0.2, -0.15) is 0 Å². The van der Waals surface area contributed by atoms with Crippen molar-refractivity contribution in [2.24, 2.45) is 0 Å². The van der Waals surface area contributed by atoms with Crippen molar-refractivity contribution in [2.75, 3.05) is 38.5 Å². The fourth-order valence-electron chi connectivity index (χ4n) is 1.95. The van der Waals surface area contributed by atoms with E-state index < -0.39 is 0 Å². The van der Waals surface area contributed by atoms with Crippen molar-refractivity contribution >= 4 is 5.82 Å². The first-order chi connectivity index (χ1) is 7.78. The molecule has 1 aromatic rings. The summed E-state index contributed by atoms with van der Waals surface area (Å²) in [6, 6.07) is 1.72. The van der Waals surface area contributed by atoms with Crippen molar-refractivity contribution in [3.8, 4) is 0 Å². The fourth-order valence-corrected chi connectivity index (χ4v) is 1.95. The van der Waals surface area contributed by atoms with Gasteiger partial charge < -0.3 is 10.6 Å². The predicted molar refractivity (Wildman–Crippen MR) is 63.8 cm³/mol. The molecule has 16 heavy (non-hydrogen) atoms. The van der Waals surface area contributed by atoms with E-state index >= 15 is 0 Å². The highest BCUT2D eigenvalue weighted by Gasteiger charge is 2.16. The van der Waals surface area contributed by atoms with Crippen LogP contribution < -0.4 is 5.73 Å². The molecule has 88 valence electrons. The largest absolute Gasteiger partial charge is 0.384 e. The van der Waals surface area contributed by atoms with E-state index in [-0.39, 0.29) is 0 Å². The predicted octanol–water partition coefficient (Wildman–Crippen LogP) is 0.196. The van der Waals surface area contributed by atoms with Crippen LogP contribution in [0.15, 0.2) is 12.3 Å². The smallest absolute Gasteiger partial charge is 0.144 e. The van der Waals surface area contributed by atoms with Gasteiger partial charge in [-0.15, -0.1) is 0 Å². The molecule has 1 saturated heterocycles. The van der Waals surface area contributed by atoms with E-state index in [2.05, 4.69) is 26.7 Å². The topological polar surface area (TPSA) is 58.3 Å². The Morgan fingerprint density at radius 3 is 2.56 bits per heavy atom. The van der Waals surface area contributed by atoms with Crippen LogP contribution in [0.2, 0.25) is 0 Å². The van der Waals surface area contributed by atoms with Gasteiger partial charge in [-0.1, -0.05) is 6.92 Å². The Morgan fingerprint density at radius 2 is 1.94 bits per heavy atom. The van der Waals surface area contributed by atoms with Crippen LogP contribution in [0.1, 0.15) is 12.7 Å². The van der Waals surface area contributed by atoms with Gasteiger partial charge in [0.25, 0.3) is 0 Å². The zero-order valence-electron chi connectivity index (χ0n) is 9.76. The Hall–Kier alpha value is -1.20. The Bertz CT molecular complexity index is 333. The van der Waals surface area contributed by atoms with Crippen LogP contribution in [-0.4, -0.2) is 52.5 Å². The molecule has 2 N–H and O–H groups in total. The second-order valence-electron chi connectivity index (χ2n) is 4.11. The Balaban J connectivity index is 1.87. The molecule has 0 spiro atoms. The lowest BCUT2D eigenvalue weighted by Gasteiger charge is -2.33. The van der Waals surface area contributed by atoms with Crippen LogP contribution in [-0.2, 0) is 6.54 Å². The fraction of sp³-hybridized carbons (Fsp3) is 0.636. The molecule has 1 aliphatic heterocycles. The summed E-state index contributed by atoms with van der Waals surface area (Å²) in [5.41, 5.74) is 5.63. The number of rotatable bonds is 3. The highest BCUT2D eigenvalue weighted by atomic mass is 15.3. The lowest BCUT2D eigenvalue weighted by molar-refractivity contribution is 0.129. The third kappa shape index (κ3) is 2.90. The van der Waals surface area contributed by atoms with E-state index in [1.165, 1.54) is 0 Å². The molecular weight excluding hydrogens is 202 g/mol. The van der Waals surface area contributed by atoms with Gasteiger partial charge in [0, 0.05) is 32.4 Å². The number of nitrogens with zero attached hydrogens (tertiary/aromatic N) is 4. The van der Waals surface area contributed by atoms with E-state index in [1.54, 1.807) is 12.3 Å². The van der Waals surface area contributed by atoms with Crippen molar-refractivity contribution in [3.63, 3.8) is 0 Å². The maximum Gasteiger partial charge on any atom is 0.144 e. The SMILES string of the molecule is CCN1CCN(Cc2nccc(N)n2)CC1. The zero-order chi connectivity index (χ0) is 11.4. The Kier molecular flexibility index (Phi) is 3.69. The second kappa shape index (κ2) is 5.23. The Labute approximate surface area is 96.3 Å². The quantitative estimate of drug-likeness (QED) is 0.790. The standard InChI is InChI=1S/C11H19N5/c1-2-15-5-7-16(8-6-15)9-11-13-4-3-10(12)14-11/h3-4H,2,5-9H2,1H3,(H2,12,13,14). The van der Waals surface area contributed by atoms with Gasteiger partial charge in [0.2, 0.25) is 0 Å². The van der Waals surface area contributed by atoms with Gasteiger partial charge in [0.05, 0.1) is 6.54 Å². The number of aromatic nitrogens is 2. The lowest BCUT2D eigenvalue weighted by atomic mass is 10.3. The van der Waals surface area contributed by atoms with Gasteiger partial charge in [-0.05, 0) is 12.6 Å². The number of likely N-dealkylation sites (N-methyl/N-ethyl adjacent to an activating group) is 1. The number of anilines is 1. The number of hydrogen-bond donors (Lipinski definition) is 1. The van der Waals surface area contributed by atoms with Crippen LogP contribution in [0.5, 0.6) is 0 Å². The Morgan fingerprint density at radius 1 is 1.25 bits per heavy atom. The summed E-state index contributed by atoms with van der Waals surface area (Å²) in [5, 5.41) is 0. The van der Waals surface area contributed by atoms with E-state index in [0.717, 1.165) is 45.1 Å². The average molecular weight is 221 g/mol. The highest BCUT2D eigenvalue weighted by Crippen LogP contribution is 2.05. The molecule has 5 nitrogen and oxygen atoms in total. The van der Waals surface area contributed by atoms with E-state index in [4.69, 9.17) is 5.73 Å². The molecular formula is C11H19N5. The monoisotopic (exact) mass is 221 g/mol. The molecule has 1 aromatic heterocycles. The minimum atomic E-state index is 0.553. The maximum absolute atomic E-state index is 5.63. The van der Waals surface area contributed by atoms with Gasteiger partial charge in [-0.3, -0.25) is 4.90 Å². The molecule has 5 heteroatoms. The van der Waals surface area contributed by atoms with Crippen molar-refractivity contribution < 1.29 is 0 Å². The minimum Gasteiger partial charge on any atom is -0.384 e. The molecule has 0 unspecified atom stereocenters. The first-order valence-corrected chi connectivity index (χ1v) is 5.80. The van der Waals surface area contributed by atoms with Crippen molar-refractivity contribution in [1.82, 2.24) is 19.8 Å². The van der Waals surface area contributed by atoms with E-state index in [0.29, 0.717) is 5.82 Å². The first-order valence-electron chi connectivity index (χ1n) is 5.80. The summed E-state index contributed by atoms with van der Waals surface area (Å²) < 4.78 is 0. The van der Waals surface area contributed by atoms with E-state index in [9.17, 15) is 0 Å². The van der Waals surface area contributed by atoms with Crippen LogP contribution in [0.25, 0.3) is 0 Å². The summed E-state index contributed by atoms with van der Waals surface area (Å²) >= 11 is 0. The van der Waals surface area contributed by atoms with Gasteiger partial charge in [-0.25, -0.2) is 9.97 Å². The summed E-state index contributed by atoms with van der Waals surface area (Å²) in [4.78, 5) is 13.3. The summed E-state index contributed by atoms with van der Waals surface area (Å²) in [7, 11) is 0. The molecule has 0 aromatic carbocycles. The third-order valence-corrected chi connectivity index (χ3v) is 3.00. The zero-order valence-corrected chi connectivity index (χ0v) is 9.76.